The third-order valence-corrected chi connectivity index (χ3v) is 1.26. The lowest BCUT2D eigenvalue weighted by Crippen LogP contribution is -2.19. The zero-order valence-electron chi connectivity index (χ0n) is 4.69. The molecule has 0 bridgehead atoms. The van der Waals surface area contributed by atoms with Crippen LogP contribution in [0.5, 0.6) is 0 Å². The summed E-state index contributed by atoms with van der Waals surface area (Å²) in [6.07, 6.45) is 5.65. The Morgan fingerprint density at radius 1 is 1.75 bits per heavy atom. The van der Waals surface area contributed by atoms with Gasteiger partial charge >= 0.3 is 0 Å². The third kappa shape index (κ3) is 1.27. The molecule has 0 saturated carbocycles. The molecular formula is C6H8ClN. The molecule has 1 heterocycles. The molecule has 1 unspecified atom stereocenters. The zero-order valence-corrected chi connectivity index (χ0v) is 5.44. The van der Waals surface area contributed by atoms with E-state index >= 15 is 0 Å². The van der Waals surface area contributed by atoms with Gasteiger partial charge in [0.15, 0.2) is 0 Å². The van der Waals surface area contributed by atoms with E-state index in [1.807, 2.05) is 25.3 Å². The number of allylic oxidation sites excluding steroid dienone is 2. The van der Waals surface area contributed by atoms with E-state index in [-0.39, 0.29) is 0 Å². The van der Waals surface area contributed by atoms with Crippen molar-refractivity contribution in [2.24, 2.45) is 0 Å². The largest absolute Gasteiger partial charge is 0.385 e. The molecule has 0 fully saturated rings. The first-order valence-corrected chi connectivity index (χ1v) is 2.97. The molecule has 0 amide bonds. The van der Waals surface area contributed by atoms with Gasteiger partial charge in [-0.2, -0.15) is 0 Å². The first-order valence-electron chi connectivity index (χ1n) is 2.59. The first-order chi connectivity index (χ1) is 3.79. The Morgan fingerprint density at radius 3 is 2.88 bits per heavy atom. The Balaban J connectivity index is 2.63. The maximum Gasteiger partial charge on any atom is 0.0427 e. The van der Waals surface area contributed by atoms with Crippen LogP contribution in [0.15, 0.2) is 23.4 Å². The Morgan fingerprint density at radius 2 is 2.50 bits per heavy atom. The molecule has 1 rings (SSSR count). The normalized spacial score (nSPS) is 26.8. The van der Waals surface area contributed by atoms with Crippen LogP contribution in [0.25, 0.3) is 0 Å². The lowest BCUT2D eigenvalue weighted by atomic mass is 10.2. The van der Waals surface area contributed by atoms with Gasteiger partial charge in [0.1, 0.15) is 0 Å². The highest BCUT2D eigenvalue weighted by Gasteiger charge is 1.97. The molecule has 1 N–H and O–H groups in total. The van der Waals surface area contributed by atoms with Crippen LogP contribution in [0, 0.1) is 0 Å². The maximum atomic E-state index is 5.65. The minimum Gasteiger partial charge on any atom is -0.385 e. The van der Waals surface area contributed by atoms with Crippen LogP contribution < -0.4 is 5.32 Å². The second-order valence-electron chi connectivity index (χ2n) is 1.84. The molecule has 0 aliphatic carbocycles. The summed E-state index contributed by atoms with van der Waals surface area (Å²) in [5.41, 5.74) is 0. The van der Waals surface area contributed by atoms with E-state index in [0.717, 1.165) is 5.03 Å². The predicted molar refractivity (Wildman–Crippen MR) is 35.7 cm³/mol. The second kappa shape index (κ2) is 2.23. The monoisotopic (exact) mass is 129 g/mol. The summed E-state index contributed by atoms with van der Waals surface area (Å²) in [6.45, 7) is 2.05. The zero-order chi connectivity index (χ0) is 5.98. The number of nitrogens with one attached hydrogen (secondary N) is 1. The fourth-order valence-corrected chi connectivity index (χ4v) is 0.874. The Bertz CT molecular complexity index is 137. The van der Waals surface area contributed by atoms with E-state index < -0.39 is 0 Å². The highest BCUT2D eigenvalue weighted by molar-refractivity contribution is 6.31. The molecule has 0 aromatic rings. The highest BCUT2D eigenvalue weighted by Crippen LogP contribution is 2.07. The minimum absolute atomic E-state index is 0.382. The summed E-state index contributed by atoms with van der Waals surface area (Å²) >= 11 is 5.65. The molecule has 1 aliphatic heterocycles. The molecule has 0 radical (unpaired) electrons. The fraction of sp³-hybridized carbons (Fsp3) is 0.333. The number of hydrogen-bond acceptors (Lipinski definition) is 1. The van der Waals surface area contributed by atoms with E-state index in [4.69, 9.17) is 11.6 Å². The van der Waals surface area contributed by atoms with Gasteiger partial charge in [0.25, 0.3) is 0 Å². The number of halogens is 1. The van der Waals surface area contributed by atoms with Crippen LogP contribution >= 0.6 is 11.6 Å². The van der Waals surface area contributed by atoms with Gasteiger partial charge in [0.05, 0.1) is 0 Å². The fourth-order valence-electron chi connectivity index (χ4n) is 0.622. The van der Waals surface area contributed by atoms with E-state index in [9.17, 15) is 0 Å². The van der Waals surface area contributed by atoms with Crippen LogP contribution in [-0.4, -0.2) is 6.04 Å². The summed E-state index contributed by atoms with van der Waals surface area (Å²) in [5, 5.41) is 3.89. The van der Waals surface area contributed by atoms with Gasteiger partial charge in [-0.05, 0) is 25.3 Å². The van der Waals surface area contributed by atoms with Gasteiger partial charge in [-0.1, -0.05) is 11.6 Å². The molecular weight excluding hydrogens is 122 g/mol. The average molecular weight is 130 g/mol. The van der Waals surface area contributed by atoms with Crippen molar-refractivity contribution >= 4 is 11.6 Å². The Kier molecular flexibility index (Phi) is 1.59. The van der Waals surface area contributed by atoms with Crippen LogP contribution in [0.2, 0.25) is 0 Å². The van der Waals surface area contributed by atoms with Crippen molar-refractivity contribution in [3.05, 3.63) is 23.4 Å². The second-order valence-corrected chi connectivity index (χ2v) is 2.28. The summed E-state index contributed by atoms with van der Waals surface area (Å²) in [5.74, 6) is 0. The van der Waals surface area contributed by atoms with E-state index in [2.05, 4.69) is 5.32 Å². The van der Waals surface area contributed by atoms with E-state index in [1.165, 1.54) is 0 Å². The van der Waals surface area contributed by atoms with Gasteiger partial charge in [-0.3, -0.25) is 0 Å². The molecule has 0 aromatic carbocycles. The quantitative estimate of drug-likeness (QED) is 0.524. The standard InChI is InChI=1S/C6H8ClN/c1-5-4-6(7)2-3-8-5/h2-5,8H,1H3. The number of hydrogen-bond donors (Lipinski definition) is 1. The molecule has 0 saturated heterocycles. The van der Waals surface area contributed by atoms with Crippen molar-refractivity contribution in [2.75, 3.05) is 0 Å². The smallest absolute Gasteiger partial charge is 0.0427 e. The van der Waals surface area contributed by atoms with Crippen LogP contribution in [0.4, 0.5) is 0 Å². The van der Waals surface area contributed by atoms with E-state index in [0.29, 0.717) is 6.04 Å². The molecule has 1 nitrogen and oxygen atoms in total. The van der Waals surface area contributed by atoms with Gasteiger partial charge in [0, 0.05) is 11.1 Å². The predicted octanol–water partition coefficient (Wildman–Crippen LogP) is 1.61. The minimum atomic E-state index is 0.382. The molecule has 0 spiro atoms. The van der Waals surface area contributed by atoms with Crippen LogP contribution in [0.3, 0.4) is 0 Å². The lowest BCUT2D eigenvalue weighted by molar-refractivity contribution is 0.759. The topological polar surface area (TPSA) is 12.0 Å². The number of dihydropyridines is 1. The number of rotatable bonds is 0. The van der Waals surface area contributed by atoms with Crippen LogP contribution in [0.1, 0.15) is 6.92 Å². The van der Waals surface area contributed by atoms with Gasteiger partial charge in [-0.15, -0.1) is 0 Å². The summed E-state index contributed by atoms with van der Waals surface area (Å²) in [7, 11) is 0. The van der Waals surface area contributed by atoms with Crippen molar-refractivity contribution in [2.45, 2.75) is 13.0 Å². The van der Waals surface area contributed by atoms with Crippen molar-refractivity contribution in [3.63, 3.8) is 0 Å². The molecule has 1 aliphatic rings. The molecule has 0 aromatic heterocycles. The highest BCUT2D eigenvalue weighted by atomic mass is 35.5. The first kappa shape index (κ1) is 5.70. The molecule has 1 atom stereocenters. The Hall–Kier alpha value is -0.430. The Labute approximate surface area is 54.0 Å². The van der Waals surface area contributed by atoms with Crippen molar-refractivity contribution < 1.29 is 0 Å². The molecule has 44 valence electrons. The average Bonchev–Trinajstić information content (AvgIpc) is 1.64. The van der Waals surface area contributed by atoms with Gasteiger partial charge < -0.3 is 5.32 Å². The maximum absolute atomic E-state index is 5.65. The molecule has 8 heavy (non-hydrogen) atoms. The lowest BCUT2D eigenvalue weighted by Gasteiger charge is -2.09. The summed E-state index contributed by atoms with van der Waals surface area (Å²) in [6, 6.07) is 0.382. The van der Waals surface area contributed by atoms with Gasteiger partial charge in [0.2, 0.25) is 0 Å². The van der Waals surface area contributed by atoms with E-state index in [1.54, 1.807) is 0 Å². The van der Waals surface area contributed by atoms with Crippen molar-refractivity contribution in [1.82, 2.24) is 5.32 Å². The third-order valence-electron chi connectivity index (χ3n) is 1.01. The van der Waals surface area contributed by atoms with Gasteiger partial charge in [-0.25, -0.2) is 0 Å². The summed E-state index contributed by atoms with van der Waals surface area (Å²) < 4.78 is 0. The molecule has 2 heteroatoms. The summed E-state index contributed by atoms with van der Waals surface area (Å²) in [4.78, 5) is 0. The van der Waals surface area contributed by atoms with Crippen molar-refractivity contribution in [1.29, 1.82) is 0 Å². The van der Waals surface area contributed by atoms with Crippen LogP contribution in [-0.2, 0) is 0 Å². The van der Waals surface area contributed by atoms with Crippen molar-refractivity contribution in [3.8, 4) is 0 Å². The SMILES string of the molecule is CC1C=C(Cl)C=CN1.